The zero-order chi connectivity index (χ0) is 21.8. The van der Waals surface area contributed by atoms with Gasteiger partial charge in [-0.15, -0.1) is 0 Å². The van der Waals surface area contributed by atoms with Gasteiger partial charge in [0.25, 0.3) is 5.91 Å². The Labute approximate surface area is 177 Å². The molecule has 1 N–H and O–H groups in total. The molecule has 1 amide bonds. The summed E-state index contributed by atoms with van der Waals surface area (Å²) in [5, 5.41) is 7.20. The summed E-state index contributed by atoms with van der Waals surface area (Å²) in [4.78, 5) is 14.5. The quantitative estimate of drug-likeness (QED) is 0.766. The van der Waals surface area contributed by atoms with Crippen LogP contribution in [0, 0.1) is 5.92 Å². The van der Waals surface area contributed by atoms with Crippen LogP contribution in [0.4, 0.5) is 19.0 Å². The first kappa shape index (κ1) is 20.0. The first-order chi connectivity index (χ1) is 14.8. The Morgan fingerprint density at radius 2 is 1.90 bits per heavy atom. The summed E-state index contributed by atoms with van der Waals surface area (Å²) in [6, 6.07) is 4.11. The molecule has 1 aromatic carbocycles. The molecule has 0 spiro atoms. The van der Waals surface area contributed by atoms with E-state index in [1.54, 1.807) is 23.1 Å². The number of ether oxygens (including phenoxy) is 2. The molecule has 2 aromatic rings. The highest BCUT2D eigenvalue weighted by Gasteiger charge is 2.47. The smallest absolute Gasteiger partial charge is 0.410 e. The molecule has 10 heteroatoms. The number of aromatic nitrogens is 2. The van der Waals surface area contributed by atoms with E-state index in [1.165, 1.54) is 6.07 Å². The standard InChI is InChI=1S/C21H23F3N4O3/c1-12-4-6-27(7-5-12)20(29)15-10-19-25-14(9-18(21(22,23)24)28(19)26-15)13-2-3-16-17(8-13)31-11-30-16/h2-3,8,10,12,14,18,25H,4-7,9,11H2,1H3/t14-,18+/m1/s1. The van der Waals surface area contributed by atoms with Gasteiger partial charge in [0.2, 0.25) is 6.79 Å². The van der Waals surface area contributed by atoms with Crippen molar-refractivity contribution in [2.24, 2.45) is 5.92 Å². The number of fused-ring (bicyclic) bond motifs is 2. The van der Waals surface area contributed by atoms with Gasteiger partial charge in [0.1, 0.15) is 5.82 Å². The molecule has 7 nitrogen and oxygen atoms in total. The Balaban J connectivity index is 1.44. The van der Waals surface area contributed by atoms with Crippen molar-refractivity contribution >= 4 is 11.7 Å². The molecule has 5 rings (SSSR count). The molecule has 0 saturated carbocycles. The maximum absolute atomic E-state index is 13.9. The van der Waals surface area contributed by atoms with E-state index >= 15 is 0 Å². The van der Waals surface area contributed by atoms with Crippen molar-refractivity contribution in [1.82, 2.24) is 14.7 Å². The van der Waals surface area contributed by atoms with Crippen molar-refractivity contribution in [3.63, 3.8) is 0 Å². The van der Waals surface area contributed by atoms with Crippen LogP contribution in [0.1, 0.15) is 54.3 Å². The molecular formula is C21H23F3N4O3. The third kappa shape index (κ3) is 3.68. The van der Waals surface area contributed by atoms with Gasteiger partial charge in [-0.3, -0.25) is 4.79 Å². The molecule has 2 atom stereocenters. The van der Waals surface area contributed by atoms with Crippen LogP contribution in [0.15, 0.2) is 24.3 Å². The van der Waals surface area contributed by atoms with Gasteiger partial charge < -0.3 is 19.7 Å². The molecular weight excluding hydrogens is 413 g/mol. The number of hydrogen-bond acceptors (Lipinski definition) is 5. The monoisotopic (exact) mass is 436 g/mol. The highest BCUT2D eigenvalue weighted by Crippen LogP contribution is 2.45. The summed E-state index contributed by atoms with van der Waals surface area (Å²) in [6.07, 6.45) is -2.98. The highest BCUT2D eigenvalue weighted by atomic mass is 19.4. The van der Waals surface area contributed by atoms with E-state index in [0.29, 0.717) is 36.1 Å². The zero-order valence-corrected chi connectivity index (χ0v) is 17.0. The van der Waals surface area contributed by atoms with Crippen molar-refractivity contribution in [3.8, 4) is 11.5 Å². The minimum absolute atomic E-state index is 0.0395. The summed E-state index contributed by atoms with van der Waals surface area (Å²) in [6.45, 7) is 3.41. The predicted octanol–water partition coefficient (Wildman–Crippen LogP) is 4.14. The van der Waals surface area contributed by atoms with Gasteiger partial charge in [0, 0.05) is 25.6 Å². The first-order valence-electron chi connectivity index (χ1n) is 10.4. The van der Waals surface area contributed by atoms with Crippen LogP contribution < -0.4 is 14.8 Å². The predicted molar refractivity (Wildman–Crippen MR) is 105 cm³/mol. The second-order valence-corrected chi connectivity index (χ2v) is 8.44. The third-order valence-electron chi connectivity index (χ3n) is 6.28. The molecule has 1 aromatic heterocycles. The van der Waals surface area contributed by atoms with Crippen LogP contribution in [0.5, 0.6) is 11.5 Å². The van der Waals surface area contributed by atoms with Gasteiger partial charge in [-0.05, 0) is 36.5 Å². The van der Waals surface area contributed by atoms with E-state index < -0.39 is 18.3 Å². The minimum Gasteiger partial charge on any atom is -0.454 e. The number of rotatable bonds is 2. The average Bonchev–Trinajstić information content (AvgIpc) is 3.38. The van der Waals surface area contributed by atoms with Crippen LogP contribution in [-0.2, 0) is 0 Å². The number of nitrogens with zero attached hydrogens (tertiary/aromatic N) is 3. The number of hydrogen-bond donors (Lipinski definition) is 1. The lowest BCUT2D eigenvalue weighted by Crippen LogP contribution is -2.38. The van der Waals surface area contributed by atoms with Crippen LogP contribution in [0.2, 0.25) is 0 Å². The molecule has 3 aliphatic rings. The zero-order valence-electron chi connectivity index (χ0n) is 17.0. The van der Waals surface area contributed by atoms with E-state index in [4.69, 9.17) is 9.47 Å². The van der Waals surface area contributed by atoms with E-state index in [1.807, 2.05) is 0 Å². The van der Waals surface area contributed by atoms with E-state index in [0.717, 1.165) is 17.5 Å². The number of benzene rings is 1. The second-order valence-electron chi connectivity index (χ2n) is 8.44. The molecule has 31 heavy (non-hydrogen) atoms. The Hall–Kier alpha value is -2.91. The number of amides is 1. The van der Waals surface area contributed by atoms with Crippen LogP contribution in [0.25, 0.3) is 0 Å². The SMILES string of the molecule is CC1CCN(C(=O)c2cc3n(n2)[C@H](C(F)(F)F)C[C@H](c2ccc4c(c2)OCO4)N3)CC1. The normalized spacial score (nSPS) is 23.4. The molecule has 0 radical (unpaired) electrons. The number of nitrogens with one attached hydrogen (secondary N) is 1. The number of piperidine rings is 1. The Kier molecular flexibility index (Phi) is 4.75. The molecule has 3 aliphatic heterocycles. The van der Waals surface area contributed by atoms with Gasteiger partial charge in [-0.25, -0.2) is 4.68 Å². The molecule has 4 heterocycles. The lowest BCUT2D eigenvalue weighted by molar-refractivity contribution is -0.173. The Morgan fingerprint density at radius 1 is 1.16 bits per heavy atom. The average molecular weight is 436 g/mol. The first-order valence-corrected chi connectivity index (χ1v) is 10.4. The summed E-state index contributed by atoms with van der Waals surface area (Å²) >= 11 is 0. The highest BCUT2D eigenvalue weighted by molar-refractivity contribution is 5.93. The lowest BCUT2D eigenvalue weighted by atomic mass is 9.96. The molecule has 0 bridgehead atoms. The molecule has 0 unspecified atom stereocenters. The van der Waals surface area contributed by atoms with Crippen molar-refractivity contribution in [1.29, 1.82) is 0 Å². The lowest BCUT2D eigenvalue weighted by Gasteiger charge is -2.33. The maximum Gasteiger partial charge on any atom is 0.410 e. The number of alkyl halides is 3. The van der Waals surface area contributed by atoms with Gasteiger partial charge >= 0.3 is 6.18 Å². The Morgan fingerprint density at radius 3 is 2.65 bits per heavy atom. The molecule has 1 saturated heterocycles. The molecule has 166 valence electrons. The van der Waals surface area contributed by atoms with Crippen LogP contribution in [0.3, 0.4) is 0 Å². The third-order valence-corrected chi connectivity index (χ3v) is 6.28. The number of carbonyl (C=O) groups excluding carboxylic acids is 1. The number of halogens is 3. The van der Waals surface area contributed by atoms with Gasteiger partial charge in [-0.2, -0.15) is 18.3 Å². The minimum atomic E-state index is -4.50. The van der Waals surface area contributed by atoms with Crippen LogP contribution in [-0.4, -0.2) is 46.6 Å². The number of anilines is 1. The Bertz CT molecular complexity index is 998. The topological polar surface area (TPSA) is 68.6 Å². The fourth-order valence-electron chi connectivity index (χ4n) is 4.40. The molecule has 1 fully saturated rings. The summed E-state index contributed by atoms with van der Waals surface area (Å²) in [5.41, 5.74) is 0.696. The van der Waals surface area contributed by atoms with Crippen molar-refractivity contribution in [2.75, 3.05) is 25.2 Å². The van der Waals surface area contributed by atoms with Gasteiger partial charge in [0.05, 0.1) is 6.04 Å². The van der Waals surface area contributed by atoms with E-state index in [2.05, 4.69) is 17.3 Å². The number of carbonyl (C=O) groups is 1. The van der Waals surface area contributed by atoms with Gasteiger partial charge in [-0.1, -0.05) is 13.0 Å². The fourth-order valence-corrected chi connectivity index (χ4v) is 4.40. The van der Waals surface area contributed by atoms with E-state index in [-0.39, 0.29) is 30.6 Å². The van der Waals surface area contributed by atoms with Crippen molar-refractivity contribution in [2.45, 2.75) is 44.4 Å². The number of likely N-dealkylation sites (tertiary alicyclic amines) is 1. The van der Waals surface area contributed by atoms with Crippen LogP contribution >= 0.6 is 0 Å². The fraction of sp³-hybridized carbons (Fsp3) is 0.524. The van der Waals surface area contributed by atoms with Crippen molar-refractivity contribution < 1.29 is 27.4 Å². The van der Waals surface area contributed by atoms with Crippen molar-refractivity contribution in [3.05, 3.63) is 35.5 Å². The molecule has 0 aliphatic carbocycles. The largest absolute Gasteiger partial charge is 0.454 e. The summed E-state index contributed by atoms with van der Waals surface area (Å²) in [7, 11) is 0. The summed E-state index contributed by atoms with van der Waals surface area (Å²) < 4.78 is 53.3. The summed E-state index contributed by atoms with van der Waals surface area (Å²) in [5.74, 6) is 1.48. The maximum atomic E-state index is 13.9. The van der Waals surface area contributed by atoms with Gasteiger partial charge in [0.15, 0.2) is 23.2 Å². The second kappa shape index (κ2) is 7.35. The van der Waals surface area contributed by atoms with E-state index in [9.17, 15) is 18.0 Å².